The van der Waals surface area contributed by atoms with Crippen molar-refractivity contribution in [2.24, 2.45) is 17.6 Å². The second kappa shape index (κ2) is 6.55. The topological polar surface area (TPSA) is 38.5 Å². The molecule has 2 fully saturated rings. The van der Waals surface area contributed by atoms with Crippen LogP contribution >= 0.6 is 0 Å². The Morgan fingerprint density at radius 1 is 1.26 bits per heavy atom. The fourth-order valence-corrected chi connectivity index (χ4v) is 3.93. The third kappa shape index (κ3) is 3.32. The minimum Gasteiger partial charge on any atom is -0.381 e. The van der Waals surface area contributed by atoms with Crippen LogP contribution in [0.4, 0.5) is 0 Å². The highest BCUT2D eigenvalue weighted by atomic mass is 16.5. The summed E-state index contributed by atoms with van der Waals surface area (Å²) < 4.78 is 5.64. The van der Waals surface area contributed by atoms with Crippen LogP contribution in [0.15, 0.2) is 0 Å². The molecule has 1 heterocycles. The average Bonchev–Trinajstić information content (AvgIpc) is 3.06. The number of nitrogens with two attached hydrogens (primary N) is 1. The fourth-order valence-electron chi connectivity index (χ4n) is 3.93. The van der Waals surface area contributed by atoms with E-state index in [1.165, 1.54) is 38.6 Å². The largest absolute Gasteiger partial charge is 0.381 e. The van der Waals surface area contributed by atoms with Crippen LogP contribution in [0.1, 0.15) is 52.9 Å². The summed E-state index contributed by atoms with van der Waals surface area (Å²) >= 11 is 0. The Hall–Kier alpha value is -0.120. The molecule has 0 aromatic carbocycles. The molecule has 0 aromatic heterocycles. The summed E-state index contributed by atoms with van der Waals surface area (Å²) in [5.41, 5.74) is 6.35. The highest BCUT2D eigenvalue weighted by Crippen LogP contribution is 2.36. The first kappa shape index (κ1) is 15.3. The molecule has 0 amide bonds. The lowest BCUT2D eigenvalue weighted by molar-refractivity contribution is 0.00336. The lowest BCUT2D eigenvalue weighted by Crippen LogP contribution is -2.60. The number of rotatable bonds is 6. The van der Waals surface area contributed by atoms with Crippen molar-refractivity contribution in [2.75, 3.05) is 26.3 Å². The van der Waals surface area contributed by atoms with Gasteiger partial charge in [0.1, 0.15) is 0 Å². The monoisotopic (exact) mass is 268 g/mol. The minimum atomic E-state index is 0.121. The highest BCUT2D eigenvalue weighted by molar-refractivity contribution is 4.99. The van der Waals surface area contributed by atoms with Gasteiger partial charge in [0.05, 0.1) is 6.61 Å². The molecule has 1 saturated carbocycles. The van der Waals surface area contributed by atoms with Gasteiger partial charge in [0, 0.05) is 37.2 Å². The molecule has 2 unspecified atom stereocenters. The van der Waals surface area contributed by atoms with E-state index in [9.17, 15) is 0 Å². The number of nitrogens with zero attached hydrogens (tertiary/aromatic N) is 1. The molecule has 1 saturated heterocycles. The molecule has 0 aromatic rings. The second-order valence-corrected chi connectivity index (χ2v) is 7.11. The fraction of sp³-hybridized carbons (Fsp3) is 1.00. The van der Waals surface area contributed by atoms with Crippen molar-refractivity contribution in [2.45, 2.75) is 64.5 Å². The van der Waals surface area contributed by atoms with Gasteiger partial charge in [0.25, 0.3) is 0 Å². The molecule has 3 nitrogen and oxygen atoms in total. The Balaban J connectivity index is 2.16. The van der Waals surface area contributed by atoms with E-state index in [4.69, 9.17) is 10.5 Å². The maximum absolute atomic E-state index is 6.23. The van der Waals surface area contributed by atoms with Gasteiger partial charge < -0.3 is 10.5 Å². The quantitative estimate of drug-likeness (QED) is 0.805. The van der Waals surface area contributed by atoms with E-state index in [1.807, 2.05) is 0 Å². The van der Waals surface area contributed by atoms with Crippen molar-refractivity contribution in [3.63, 3.8) is 0 Å². The van der Waals surface area contributed by atoms with Gasteiger partial charge in [-0.1, -0.05) is 26.7 Å². The summed E-state index contributed by atoms with van der Waals surface area (Å²) in [6, 6.07) is 0.747. The van der Waals surface area contributed by atoms with E-state index >= 15 is 0 Å². The molecule has 0 spiro atoms. The zero-order valence-electron chi connectivity index (χ0n) is 13.0. The van der Waals surface area contributed by atoms with Crippen LogP contribution in [-0.4, -0.2) is 42.8 Å². The number of hydrogen-bond donors (Lipinski definition) is 1. The number of ether oxygens (including phenoxy) is 1. The first-order valence-electron chi connectivity index (χ1n) is 8.12. The third-order valence-corrected chi connectivity index (χ3v) is 5.21. The summed E-state index contributed by atoms with van der Waals surface area (Å²) in [5, 5.41) is 0. The summed E-state index contributed by atoms with van der Waals surface area (Å²) in [7, 11) is 0. The summed E-state index contributed by atoms with van der Waals surface area (Å²) in [5.74, 6) is 1.31. The standard InChI is InChI=1S/C16H32N2O/c1-13(2)10-18(15-6-4-5-7-15)16(3,12-17)14-8-9-19-11-14/h13-15H,4-12,17H2,1-3H3. The van der Waals surface area contributed by atoms with Crippen LogP contribution in [0.25, 0.3) is 0 Å². The van der Waals surface area contributed by atoms with Crippen LogP contribution < -0.4 is 5.73 Å². The van der Waals surface area contributed by atoms with Gasteiger partial charge in [0.2, 0.25) is 0 Å². The zero-order chi connectivity index (χ0) is 13.9. The van der Waals surface area contributed by atoms with Crippen molar-refractivity contribution in [1.29, 1.82) is 0 Å². The third-order valence-electron chi connectivity index (χ3n) is 5.21. The molecule has 1 aliphatic carbocycles. The van der Waals surface area contributed by atoms with Gasteiger partial charge in [-0.2, -0.15) is 0 Å². The molecule has 0 bridgehead atoms. The molecule has 2 aliphatic rings. The molecule has 1 aliphatic heterocycles. The Labute approximate surface area is 118 Å². The normalized spacial score (nSPS) is 28.4. The van der Waals surface area contributed by atoms with E-state index in [0.29, 0.717) is 11.8 Å². The first-order valence-corrected chi connectivity index (χ1v) is 8.12. The van der Waals surface area contributed by atoms with Crippen LogP contribution in [0.3, 0.4) is 0 Å². The molecule has 0 radical (unpaired) electrons. The zero-order valence-corrected chi connectivity index (χ0v) is 13.0. The summed E-state index contributed by atoms with van der Waals surface area (Å²) in [4.78, 5) is 2.75. The maximum atomic E-state index is 6.23. The van der Waals surface area contributed by atoms with Gasteiger partial charge >= 0.3 is 0 Å². The molecular formula is C16H32N2O. The Morgan fingerprint density at radius 2 is 1.95 bits per heavy atom. The van der Waals surface area contributed by atoms with Gasteiger partial charge in [-0.05, 0) is 32.1 Å². The van der Waals surface area contributed by atoms with Gasteiger partial charge in [-0.25, -0.2) is 0 Å². The van der Waals surface area contributed by atoms with Crippen molar-refractivity contribution < 1.29 is 4.74 Å². The second-order valence-electron chi connectivity index (χ2n) is 7.11. The van der Waals surface area contributed by atoms with Crippen molar-refractivity contribution in [3.05, 3.63) is 0 Å². The average molecular weight is 268 g/mol. The predicted octanol–water partition coefficient (Wildman–Crippen LogP) is 2.64. The Bertz CT molecular complexity index is 270. The van der Waals surface area contributed by atoms with Crippen molar-refractivity contribution in [3.8, 4) is 0 Å². The van der Waals surface area contributed by atoms with Gasteiger partial charge in [0.15, 0.2) is 0 Å². The molecule has 2 rings (SSSR count). The smallest absolute Gasteiger partial charge is 0.0513 e. The van der Waals surface area contributed by atoms with Gasteiger partial charge in [-0.3, -0.25) is 4.90 Å². The predicted molar refractivity (Wildman–Crippen MR) is 80.2 cm³/mol. The molecular weight excluding hydrogens is 236 g/mol. The van der Waals surface area contributed by atoms with Crippen LogP contribution in [0.2, 0.25) is 0 Å². The van der Waals surface area contributed by atoms with Gasteiger partial charge in [-0.15, -0.1) is 0 Å². The first-order chi connectivity index (χ1) is 9.08. The highest BCUT2D eigenvalue weighted by Gasteiger charge is 2.43. The lowest BCUT2D eigenvalue weighted by Gasteiger charge is -2.48. The van der Waals surface area contributed by atoms with E-state index in [-0.39, 0.29) is 5.54 Å². The van der Waals surface area contributed by atoms with Crippen LogP contribution in [-0.2, 0) is 4.74 Å². The van der Waals surface area contributed by atoms with E-state index in [2.05, 4.69) is 25.7 Å². The summed E-state index contributed by atoms with van der Waals surface area (Å²) in [6.45, 7) is 10.8. The minimum absolute atomic E-state index is 0.121. The lowest BCUT2D eigenvalue weighted by atomic mass is 9.81. The van der Waals surface area contributed by atoms with E-state index in [0.717, 1.165) is 25.8 Å². The SMILES string of the molecule is CC(C)CN(C1CCCC1)C(C)(CN)C1CCOC1. The molecule has 19 heavy (non-hydrogen) atoms. The van der Waals surface area contributed by atoms with Crippen LogP contribution in [0.5, 0.6) is 0 Å². The molecule has 2 N–H and O–H groups in total. The summed E-state index contributed by atoms with van der Waals surface area (Å²) in [6.07, 6.45) is 6.67. The van der Waals surface area contributed by atoms with Crippen molar-refractivity contribution >= 4 is 0 Å². The Morgan fingerprint density at radius 3 is 2.42 bits per heavy atom. The van der Waals surface area contributed by atoms with Crippen LogP contribution in [0, 0.1) is 11.8 Å². The Kier molecular flexibility index (Phi) is 5.27. The maximum Gasteiger partial charge on any atom is 0.0513 e. The number of hydrogen-bond acceptors (Lipinski definition) is 3. The van der Waals surface area contributed by atoms with Crippen molar-refractivity contribution in [1.82, 2.24) is 4.90 Å². The van der Waals surface area contributed by atoms with E-state index in [1.54, 1.807) is 0 Å². The van der Waals surface area contributed by atoms with E-state index < -0.39 is 0 Å². The molecule has 2 atom stereocenters. The molecule has 112 valence electrons. The molecule has 3 heteroatoms.